The average molecular weight is 368 g/mol. The number of pyridine rings is 1. The Labute approximate surface area is 147 Å². The summed E-state index contributed by atoms with van der Waals surface area (Å²) in [5.74, 6) is -0.392. The zero-order valence-corrected chi connectivity index (χ0v) is 15.2. The molecule has 2 rings (SSSR count). The van der Waals surface area contributed by atoms with E-state index in [1.54, 1.807) is 18.5 Å². The van der Waals surface area contributed by atoms with Crippen LogP contribution in [0.25, 0.3) is 0 Å². The highest BCUT2D eigenvalue weighted by Crippen LogP contribution is 2.11. The molecule has 0 aromatic carbocycles. The van der Waals surface area contributed by atoms with Gasteiger partial charge in [-0.1, -0.05) is 19.9 Å². The maximum absolute atomic E-state index is 12.4. The van der Waals surface area contributed by atoms with Gasteiger partial charge in [0.25, 0.3) is 0 Å². The van der Waals surface area contributed by atoms with Crippen molar-refractivity contribution < 1.29 is 18.0 Å². The van der Waals surface area contributed by atoms with Gasteiger partial charge in [0.05, 0.1) is 11.5 Å². The first-order valence-electron chi connectivity index (χ1n) is 8.21. The van der Waals surface area contributed by atoms with Gasteiger partial charge in [0.1, 0.15) is 6.04 Å². The van der Waals surface area contributed by atoms with Gasteiger partial charge in [-0.15, -0.1) is 0 Å². The Balaban J connectivity index is 1.86. The number of rotatable bonds is 6. The van der Waals surface area contributed by atoms with Crippen LogP contribution in [0.1, 0.15) is 25.8 Å². The van der Waals surface area contributed by atoms with E-state index in [0.29, 0.717) is 13.0 Å². The number of carbonyl (C=O) groups is 2. The fourth-order valence-corrected chi connectivity index (χ4v) is 4.29. The number of nitrogens with zero attached hydrogens (tertiary/aromatic N) is 1. The molecule has 2 atom stereocenters. The first-order chi connectivity index (χ1) is 11.8. The fraction of sp³-hybridized carbons (Fsp3) is 0.562. The van der Waals surface area contributed by atoms with Crippen LogP contribution in [-0.2, 0) is 21.2 Å². The Hall–Kier alpha value is -2.16. The Morgan fingerprint density at radius 3 is 2.68 bits per heavy atom. The van der Waals surface area contributed by atoms with Gasteiger partial charge in [-0.3, -0.25) is 9.78 Å². The highest BCUT2D eigenvalue weighted by Gasteiger charge is 2.30. The zero-order valence-electron chi connectivity index (χ0n) is 14.4. The molecule has 138 valence electrons. The Morgan fingerprint density at radius 1 is 1.36 bits per heavy atom. The topological polar surface area (TPSA) is 117 Å². The molecule has 0 bridgehead atoms. The van der Waals surface area contributed by atoms with E-state index < -0.39 is 28.0 Å². The van der Waals surface area contributed by atoms with Crippen molar-refractivity contribution in [1.29, 1.82) is 0 Å². The number of nitrogens with one attached hydrogen (secondary N) is 3. The smallest absolute Gasteiger partial charge is 0.315 e. The van der Waals surface area contributed by atoms with E-state index in [2.05, 4.69) is 20.9 Å². The van der Waals surface area contributed by atoms with Crippen molar-refractivity contribution in [3.8, 4) is 0 Å². The predicted octanol–water partition coefficient (Wildman–Crippen LogP) is 0.209. The molecule has 1 aliphatic heterocycles. The van der Waals surface area contributed by atoms with Crippen LogP contribution in [0, 0.1) is 5.92 Å². The fourth-order valence-electron chi connectivity index (χ4n) is 2.61. The second-order valence-electron chi connectivity index (χ2n) is 6.52. The number of urea groups is 1. The molecule has 25 heavy (non-hydrogen) atoms. The summed E-state index contributed by atoms with van der Waals surface area (Å²) in [6.45, 7) is 3.98. The lowest BCUT2D eigenvalue weighted by atomic mass is 10.0. The minimum absolute atomic E-state index is 0.0556. The van der Waals surface area contributed by atoms with Crippen LogP contribution in [0.3, 0.4) is 0 Å². The summed E-state index contributed by atoms with van der Waals surface area (Å²) in [7, 11) is -3.07. The van der Waals surface area contributed by atoms with Gasteiger partial charge in [-0.05, 0) is 24.0 Å². The summed E-state index contributed by atoms with van der Waals surface area (Å²) in [6.07, 6.45) is 3.71. The van der Waals surface area contributed by atoms with Gasteiger partial charge >= 0.3 is 6.03 Å². The van der Waals surface area contributed by atoms with Crippen molar-refractivity contribution in [2.45, 2.75) is 38.9 Å². The van der Waals surface area contributed by atoms with Crippen molar-refractivity contribution in [1.82, 2.24) is 20.9 Å². The molecule has 0 aliphatic carbocycles. The second kappa shape index (κ2) is 8.28. The van der Waals surface area contributed by atoms with Crippen LogP contribution >= 0.6 is 0 Å². The van der Waals surface area contributed by atoms with Crippen LogP contribution in [0.4, 0.5) is 4.79 Å². The van der Waals surface area contributed by atoms with Gasteiger partial charge in [0, 0.05) is 25.0 Å². The third-order valence-electron chi connectivity index (χ3n) is 3.99. The second-order valence-corrected chi connectivity index (χ2v) is 8.75. The summed E-state index contributed by atoms with van der Waals surface area (Å²) < 4.78 is 22.9. The minimum Gasteiger partial charge on any atom is -0.350 e. The molecule has 1 aliphatic rings. The third kappa shape index (κ3) is 6.00. The largest absolute Gasteiger partial charge is 0.350 e. The van der Waals surface area contributed by atoms with Crippen LogP contribution in [0.5, 0.6) is 0 Å². The molecule has 1 aromatic heterocycles. The summed E-state index contributed by atoms with van der Waals surface area (Å²) in [4.78, 5) is 28.4. The maximum atomic E-state index is 12.4. The van der Waals surface area contributed by atoms with Crippen molar-refractivity contribution in [2.24, 2.45) is 5.92 Å². The highest BCUT2D eigenvalue weighted by molar-refractivity contribution is 7.91. The van der Waals surface area contributed by atoms with Gasteiger partial charge in [-0.2, -0.15) is 0 Å². The molecule has 1 saturated heterocycles. The molecule has 0 spiro atoms. The van der Waals surface area contributed by atoms with Crippen LogP contribution in [0.2, 0.25) is 0 Å². The number of aromatic nitrogens is 1. The predicted molar refractivity (Wildman–Crippen MR) is 93.4 cm³/mol. The normalized spacial score (nSPS) is 20.0. The average Bonchev–Trinajstić information content (AvgIpc) is 2.89. The van der Waals surface area contributed by atoms with E-state index in [9.17, 15) is 18.0 Å². The van der Waals surface area contributed by atoms with E-state index in [1.165, 1.54) is 0 Å². The Kier molecular flexibility index (Phi) is 6.35. The monoisotopic (exact) mass is 368 g/mol. The summed E-state index contributed by atoms with van der Waals surface area (Å²) >= 11 is 0. The summed E-state index contributed by atoms with van der Waals surface area (Å²) in [5, 5.41) is 8.04. The molecule has 1 unspecified atom stereocenters. The highest BCUT2D eigenvalue weighted by atomic mass is 32.2. The molecule has 3 amide bonds. The molecule has 1 fully saturated rings. The van der Waals surface area contributed by atoms with Crippen molar-refractivity contribution in [2.75, 3.05) is 11.5 Å². The molecule has 9 heteroatoms. The van der Waals surface area contributed by atoms with Gasteiger partial charge in [0.2, 0.25) is 5.91 Å². The zero-order chi connectivity index (χ0) is 18.4. The van der Waals surface area contributed by atoms with Crippen LogP contribution < -0.4 is 16.0 Å². The van der Waals surface area contributed by atoms with E-state index in [1.807, 2.05) is 19.9 Å². The van der Waals surface area contributed by atoms with Crippen molar-refractivity contribution in [3.05, 3.63) is 30.1 Å². The van der Waals surface area contributed by atoms with Gasteiger partial charge in [0.15, 0.2) is 9.84 Å². The molecule has 1 aromatic rings. The number of carbonyl (C=O) groups excluding carboxylic acids is 2. The lowest BCUT2D eigenvalue weighted by Crippen LogP contribution is -2.54. The molecule has 0 saturated carbocycles. The van der Waals surface area contributed by atoms with E-state index in [4.69, 9.17) is 0 Å². The number of hydrogen-bond acceptors (Lipinski definition) is 5. The van der Waals surface area contributed by atoms with Gasteiger partial charge in [-0.25, -0.2) is 13.2 Å². The van der Waals surface area contributed by atoms with Crippen LogP contribution in [-0.4, -0.2) is 48.9 Å². The first kappa shape index (κ1) is 19.2. The minimum atomic E-state index is -3.07. The lowest BCUT2D eigenvalue weighted by molar-refractivity contribution is -0.124. The van der Waals surface area contributed by atoms with Crippen molar-refractivity contribution in [3.63, 3.8) is 0 Å². The molecular weight excluding hydrogens is 344 g/mol. The lowest BCUT2D eigenvalue weighted by Gasteiger charge is -2.23. The molecule has 0 radical (unpaired) electrons. The van der Waals surface area contributed by atoms with Crippen molar-refractivity contribution >= 4 is 21.8 Å². The first-order valence-corrected chi connectivity index (χ1v) is 10.0. The maximum Gasteiger partial charge on any atom is 0.315 e. The van der Waals surface area contributed by atoms with Crippen LogP contribution in [0.15, 0.2) is 24.5 Å². The van der Waals surface area contributed by atoms with E-state index in [0.717, 1.165) is 5.56 Å². The molecular formula is C16H24N4O4S. The Bertz CT molecular complexity index is 706. The summed E-state index contributed by atoms with van der Waals surface area (Å²) in [6, 6.07) is 1.98. The van der Waals surface area contributed by atoms with E-state index in [-0.39, 0.29) is 23.3 Å². The number of amides is 3. The number of hydrogen-bond donors (Lipinski definition) is 3. The molecule has 8 nitrogen and oxygen atoms in total. The number of sulfone groups is 1. The standard InChI is InChI=1S/C16H24N4O4S/c1-11(2)14(15(21)18-9-12-4-3-6-17-8-12)20-16(22)19-13-5-7-25(23,24)10-13/h3-4,6,8,11,13-14H,5,7,9-10H2,1-2H3,(H,18,21)(H2,19,20,22)/t13?,14-/m0/s1. The Morgan fingerprint density at radius 2 is 2.12 bits per heavy atom. The summed E-state index contributed by atoms with van der Waals surface area (Å²) in [5.41, 5.74) is 0.860. The molecule has 3 N–H and O–H groups in total. The SMILES string of the molecule is CC(C)[C@H](NC(=O)NC1CCS(=O)(=O)C1)C(=O)NCc1cccnc1. The molecule has 2 heterocycles. The third-order valence-corrected chi connectivity index (χ3v) is 5.76. The van der Waals surface area contributed by atoms with E-state index >= 15 is 0 Å². The van der Waals surface area contributed by atoms with Gasteiger partial charge < -0.3 is 16.0 Å². The quantitative estimate of drug-likeness (QED) is 0.663.